The normalized spacial score (nSPS) is 49.9. The summed E-state index contributed by atoms with van der Waals surface area (Å²) in [7, 11) is 0. The average molecular weight is 399 g/mol. The molecule has 0 aliphatic heterocycles. The standard InChI is InChI=1S/C28H46O/c1-19-11-14-27(3)22(17-19)7-8-23-25-10-9-24(28(25,4)15-12-26(23)27)20(2)13-16-29-18-21-5-6-21/h5-6,19-26H,7-18H2,1-4H3. The second-order valence-electron chi connectivity index (χ2n) is 12.7. The maximum Gasteiger partial charge on any atom is 0.0563 e. The molecule has 5 aliphatic rings. The molecule has 0 N–H and O–H groups in total. The third-order valence-electron chi connectivity index (χ3n) is 11.2. The van der Waals surface area contributed by atoms with Gasteiger partial charge in [-0.05, 0) is 110 Å². The van der Waals surface area contributed by atoms with Crippen LogP contribution in [0.2, 0.25) is 0 Å². The SMILES string of the molecule is CC1CCC2(C)C(CCC3C2CCC2(C)C(C(C)CCOCC4C=C4)CCC32)C1. The van der Waals surface area contributed by atoms with E-state index in [0.29, 0.717) is 16.7 Å². The molecule has 0 bridgehead atoms. The van der Waals surface area contributed by atoms with Gasteiger partial charge in [-0.25, -0.2) is 0 Å². The van der Waals surface area contributed by atoms with Gasteiger partial charge in [0.1, 0.15) is 0 Å². The molecule has 0 radical (unpaired) electrons. The molecule has 0 aromatic rings. The van der Waals surface area contributed by atoms with Gasteiger partial charge in [0.15, 0.2) is 0 Å². The molecule has 0 amide bonds. The Hall–Kier alpha value is -0.300. The fourth-order valence-electron chi connectivity index (χ4n) is 9.33. The van der Waals surface area contributed by atoms with E-state index in [9.17, 15) is 0 Å². The Balaban J connectivity index is 1.24. The zero-order valence-electron chi connectivity index (χ0n) is 19.7. The van der Waals surface area contributed by atoms with Crippen LogP contribution in [0.1, 0.15) is 91.9 Å². The topological polar surface area (TPSA) is 9.23 Å². The highest BCUT2D eigenvalue weighted by atomic mass is 16.5. The fraction of sp³-hybridized carbons (Fsp3) is 0.929. The quantitative estimate of drug-likeness (QED) is 0.332. The van der Waals surface area contributed by atoms with Gasteiger partial charge in [-0.1, -0.05) is 46.3 Å². The van der Waals surface area contributed by atoms with Gasteiger partial charge in [-0.2, -0.15) is 0 Å². The van der Waals surface area contributed by atoms with Gasteiger partial charge in [0.25, 0.3) is 0 Å². The molecule has 0 aromatic carbocycles. The Morgan fingerprint density at radius 3 is 2.48 bits per heavy atom. The zero-order valence-corrected chi connectivity index (χ0v) is 19.7. The summed E-state index contributed by atoms with van der Waals surface area (Å²) in [5.74, 6) is 7.53. The summed E-state index contributed by atoms with van der Waals surface area (Å²) in [5.41, 5.74) is 1.29. The third-order valence-corrected chi connectivity index (χ3v) is 11.2. The summed E-state index contributed by atoms with van der Waals surface area (Å²) in [6, 6.07) is 0. The van der Waals surface area contributed by atoms with Crippen molar-refractivity contribution in [3.63, 3.8) is 0 Å². The maximum atomic E-state index is 5.96. The lowest BCUT2D eigenvalue weighted by molar-refractivity contribution is -0.120. The number of rotatable bonds is 6. The van der Waals surface area contributed by atoms with Gasteiger partial charge in [0, 0.05) is 12.5 Å². The van der Waals surface area contributed by atoms with Crippen LogP contribution >= 0.6 is 0 Å². The Labute approximate surface area is 180 Å². The second-order valence-corrected chi connectivity index (χ2v) is 12.7. The molecule has 0 spiro atoms. The van der Waals surface area contributed by atoms with Crippen molar-refractivity contribution in [3.05, 3.63) is 12.2 Å². The van der Waals surface area contributed by atoms with Crippen LogP contribution in [-0.2, 0) is 4.74 Å². The van der Waals surface area contributed by atoms with Crippen molar-refractivity contribution in [2.24, 2.45) is 58.2 Å². The first-order valence-corrected chi connectivity index (χ1v) is 13.2. The van der Waals surface area contributed by atoms with Crippen LogP contribution in [0.4, 0.5) is 0 Å². The van der Waals surface area contributed by atoms with Gasteiger partial charge < -0.3 is 4.74 Å². The molecule has 29 heavy (non-hydrogen) atoms. The van der Waals surface area contributed by atoms with E-state index in [0.717, 1.165) is 54.6 Å². The smallest absolute Gasteiger partial charge is 0.0563 e. The summed E-state index contributed by atoms with van der Waals surface area (Å²) in [5, 5.41) is 0. The summed E-state index contributed by atoms with van der Waals surface area (Å²) in [4.78, 5) is 0. The van der Waals surface area contributed by atoms with Gasteiger partial charge >= 0.3 is 0 Å². The van der Waals surface area contributed by atoms with Crippen LogP contribution < -0.4 is 0 Å². The maximum absolute atomic E-state index is 5.96. The minimum absolute atomic E-state index is 0.615. The molecular formula is C28H46O. The summed E-state index contributed by atoms with van der Waals surface area (Å²) >= 11 is 0. The van der Waals surface area contributed by atoms with Crippen LogP contribution in [0.15, 0.2) is 12.2 Å². The Morgan fingerprint density at radius 1 is 0.931 bits per heavy atom. The van der Waals surface area contributed by atoms with E-state index in [2.05, 4.69) is 39.8 Å². The van der Waals surface area contributed by atoms with Gasteiger partial charge in [0.05, 0.1) is 6.61 Å². The largest absolute Gasteiger partial charge is 0.381 e. The highest BCUT2D eigenvalue weighted by Crippen LogP contribution is 2.68. The first-order valence-electron chi connectivity index (χ1n) is 13.2. The predicted octanol–water partition coefficient (Wildman–Crippen LogP) is 7.51. The number of ether oxygens (including phenoxy) is 1. The molecule has 4 fully saturated rings. The molecule has 0 saturated heterocycles. The predicted molar refractivity (Wildman–Crippen MR) is 122 cm³/mol. The van der Waals surface area contributed by atoms with E-state index in [1.165, 1.54) is 57.8 Å². The van der Waals surface area contributed by atoms with Crippen LogP contribution in [-0.4, -0.2) is 13.2 Å². The van der Waals surface area contributed by atoms with E-state index >= 15 is 0 Å². The summed E-state index contributed by atoms with van der Waals surface area (Å²) < 4.78 is 5.96. The van der Waals surface area contributed by atoms with E-state index in [1.54, 1.807) is 6.42 Å². The van der Waals surface area contributed by atoms with Crippen LogP contribution in [0.25, 0.3) is 0 Å². The first-order chi connectivity index (χ1) is 13.9. The van der Waals surface area contributed by atoms with Crippen LogP contribution in [0.3, 0.4) is 0 Å². The molecular weight excluding hydrogens is 352 g/mol. The third kappa shape index (κ3) is 3.56. The van der Waals surface area contributed by atoms with Crippen molar-refractivity contribution in [2.45, 2.75) is 91.9 Å². The second kappa shape index (κ2) is 7.68. The fourth-order valence-corrected chi connectivity index (χ4v) is 9.33. The molecule has 0 heterocycles. The van der Waals surface area contributed by atoms with Gasteiger partial charge in [0.2, 0.25) is 0 Å². The van der Waals surface area contributed by atoms with Crippen molar-refractivity contribution >= 4 is 0 Å². The first kappa shape index (κ1) is 20.6. The van der Waals surface area contributed by atoms with E-state index < -0.39 is 0 Å². The van der Waals surface area contributed by atoms with Crippen molar-refractivity contribution < 1.29 is 4.74 Å². The monoisotopic (exact) mass is 398 g/mol. The molecule has 9 unspecified atom stereocenters. The average Bonchev–Trinajstić information content (AvgIpc) is 3.45. The summed E-state index contributed by atoms with van der Waals surface area (Å²) in [6.45, 7) is 12.4. The Bertz CT molecular complexity index is 618. The minimum atomic E-state index is 0.615. The zero-order chi connectivity index (χ0) is 20.2. The molecule has 5 aliphatic carbocycles. The molecule has 0 aromatic heterocycles. The van der Waals surface area contributed by atoms with Gasteiger partial charge in [-0.3, -0.25) is 0 Å². The van der Waals surface area contributed by atoms with Crippen LogP contribution in [0, 0.1) is 58.2 Å². The number of hydrogen-bond donors (Lipinski definition) is 0. The Morgan fingerprint density at radius 2 is 1.69 bits per heavy atom. The van der Waals surface area contributed by atoms with Gasteiger partial charge in [-0.15, -0.1) is 0 Å². The lowest BCUT2D eigenvalue weighted by Gasteiger charge is -2.61. The molecule has 1 heteroatoms. The molecule has 164 valence electrons. The van der Waals surface area contributed by atoms with Crippen molar-refractivity contribution in [1.82, 2.24) is 0 Å². The minimum Gasteiger partial charge on any atom is -0.381 e. The molecule has 1 nitrogen and oxygen atoms in total. The van der Waals surface area contributed by atoms with Crippen molar-refractivity contribution in [2.75, 3.05) is 13.2 Å². The highest BCUT2D eigenvalue weighted by molar-refractivity contribution is 5.13. The summed E-state index contributed by atoms with van der Waals surface area (Å²) in [6.07, 6.45) is 19.5. The van der Waals surface area contributed by atoms with Crippen molar-refractivity contribution in [1.29, 1.82) is 0 Å². The molecule has 9 atom stereocenters. The highest BCUT2D eigenvalue weighted by Gasteiger charge is 2.60. The van der Waals surface area contributed by atoms with Crippen LogP contribution in [0.5, 0.6) is 0 Å². The van der Waals surface area contributed by atoms with E-state index in [1.807, 2.05) is 0 Å². The lowest BCUT2D eigenvalue weighted by Crippen LogP contribution is -2.53. The Kier molecular flexibility index (Phi) is 5.46. The van der Waals surface area contributed by atoms with Crippen molar-refractivity contribution in [3.8, 4) is 0 Å². The number of hydrogen-bond acceptors (Lipinski definition) is 1. The van der Waals surface area contributed by atoms with E-state index in [4.69, 9.17) is 4.74 Å². The number of fused-ring (bicyclic) bond motifs is 5. The molecule has 5 rings (SSSR count). The lowest BCUT2D eigenvalue weighted by atomic mass is 9.44. The molecule has 4 saturated carbocycles. The van der Waals surface area contributed by atoms with E-state index in [-0.39, 0.29) is 0 Å².